The minimum atomic E-state index is -3.57. The average molecular weight is 469 g/mol. The van der Waals surface area contributed by atoms with Crippen LogP contribution in [-0.2, 0) is 16.4 Å². The van der Waals surface area contributed by atoms with Crippen molar-refractivity contribution in [1.29, 1.82) is 0 Å². The molecule has 0 spiro atoms. The fourth-order valence-corrected chi connectivity index (χ4v) is 6.63. The van der Waals surface area contributed by atoms with E-state index in [9.17, 15) is 13.2 Å². The van der Waals surface area contributed by atoms with Gasteiger partial charge >= 0.3 is 0 Å². The molecule has 2 aromatic rings. The maximum absolute atomic E-state index is 13.1. The zero-order valence-electron chi connectivity index (χ0n) is 18.8. The molecule has 2 atom stereocenters. The quantitative estimate of drug-likeness (QED) is 0.547. The summed E-state index contributed by atoms with van der Waals surface area (Å²) in [6.45, 7) is 6.15. The number of ketones is 1. The summed E-state index contributed by atoms with van der Waals surface area (Å²) in [6, 6.07) is 10.1. The molecule has 7 nitrogen and oxygen atoms in total. The van der Waals surface area contributed by atoms with Gasteiger partial charge in [-0.1, -0.05) is 13.8 Å². The highest BCUT2D eigenvalue weighted by molar-refractivity contribution is 7.89. The monoisotopic (exact) mass is 468 g/mol. The standard InChI is InChI=1S/C25H28N2O5S/c1-16-9-17(2)14-27(13-16)33(29,30)20-5-3-18(4-6-20)23(28)12-22-21-11-25-24(31-15-32-25)10-19(21)7-8-26-22/h3-6,10-12,16-17,26H,7-9,13-15H2,1-2H3/b22-12-/t16-,17+. The minimum Gasteiger partial charge on any atom is -0.454 e. The number of allylic oxidation sites excluding steroid dienone is 1. The van der Waals surface area contributed by atoms with Crippen molar-refractivity contribution in [2.24, 2.45) is 11.8 Å². The summed E-state index contributed by atoms with van der Waals surface area (Å²) in [6.07, 6.45) is 3.43. The van der Waals surface area contributed by atoms with Gasteiger partial charge in [-0.2, -0.15) is 4.31 Å². The number of carbonyl (C=O) groups excluding carboxylic acids is 1. The number of rotatable bonds is 4. The zero-order valence-corrected chi connectivity index (χ0v) is 19.7. The van der Waals surface area contributed by atoms with Gasteiger partial charge in [-0.25, -0.2) is 8.42 Å². The number of benzene rings is 2. The molecule has 1 N–H and O–H groups in total. The fourth-order valence-electron chi connectivity index (χ4n) is 4.95. The lowest BCUT2D eigenvalue weighted by Crippen LogP contribution is -2.42. The summed E-state index contributed by atoms with van der Waals surface area (Å²) in [5, 5.41) is 3.30. The molecule has 33 heavy (non-hydrogen) atoms. The summed E-state index contributed by atoms with van der Waals surface area (Å²) >= 11 is 0. The highest BCUT2D eigenvalue weighted by atomic mass is 32.2. The van der Waals surface area contributed by atoms with Crippen molar-refractivity contribution in [3.05, 3.63) is 59.2 Å². The van der Waals surface area contributed by atoms with Crippen LogP contribution in [0.25, 0.3) is 5.70 Å². The first-order valence-corrected chi connectivity index (χ1v) is 12.8. The predicted molar refractivity (Wildman–Crippen MR) is 125 cm³/mol. The molecule has 174 valence electrons. The lowest BCUT2D eigenvalue weighted by Gasteiger charge is -2.34. The van der Waals surface area contributed by atoms with Gasteiger partial charge in [0, 0.05) is 42.5 Å². The average Bonchev–Trinajstić information content (AvgIpc) is 3.25. The number of hydrogen-bond donors (Lipinski definition) is 1. The van der Waals surface area contributed by atoms with Crippen molar-refractivity contribution >= 4 is 21.5 Å². The summed E-state index contributed by atoms with van der Waals surface area (Å²) in [7, 11) is -3.57. The van der Waals surface area contributed by atoms with Gasteiger partial charge in [0.15, 0.2) is 17.3 Å². The molecule has 0 aromatic heterocycles. The van der Waals surface area contributed by atoms with Crippen molar-refractivity contribution in [2.75, 3.05) is 26.4 Å². The molecular weight excluding hydrogens is 440 g/mol. The highest BCUT2D eigenvalue weighted by Gasteiger charge is 2.31. The number of sulfonamides is 1. The van der Waals surface area contributed by atoms with E-state index in [0.29, 0.717) is 36.2 Å². The molecular formula is C25H28N2O5S. The number of hydrogen-bond acceptors (Lipinski definition) is 6. The second-order valence-electron chi connectivity index (χ2n) is 9.25. The summed E-state index contributed by atoms with van der Waals surface area (Å²) in [4.78, 5) is 13.2. The molecule has 5 rings (SSSR count). The number of carbonyl (C=O) groups is 1. The number of fused-ring (bicyclic) bond motifs is 2. The van der Waals surface area contributed by atoms with Crippen LogP contribution in [0.5, 0.6) is 11.5 Å². The van der Waals surface area contributed by atoms with E-state index in [1.807, 2.05) is 12.1 Å². The van der Waals surface area contributed by atoms with E-state index in [2.05, 4.69) is 19.2 Å². The van der Waals surface area contributed by atoms with Gasteiger partial charge in [-0.3, -0.25) is 4.79 Å². The number of nitrogens with one attached hydrogen (secondary N) is 1. The van der Waals surface area contributed by atoms with Crippen molar-refractivity contribution in [3.8, 4) is 11.5 Å². The molecule has 1 fully saturated rings. The van der Waals surface area contributed by atoms with Crippen LogP contribution in [0.15, 0.2) is 47.4 Å². The molecule has 0 saturated carbocycles. The van der Waals surface area contributed by atoms with Gasteiger partial charge in [-0.05, 0) is 66.6 Å². The molecule has 3 aliphatic rings. The minimum absolute atomic E-state index is 0.188. The summed E-state index contributed by atoms with van der Waals surface area (Å²) in [5.74, 6) is 1.88. The third-order valence-electron chi connectivity index (χ3n) is 6.49. The molecule has 0 bridgehead atoms. The maximum Gasteiger partial charge on any atom is 0.243 e. The van der Waals surface area contributed by atoms with E-state index in [0.717, 1.165) is 42.0 Å². The molecule has 0 amide bonds. The Morgan fingerprint density at radius 1 is 1.06 bits per heavy atom. The first-order valence-electron chi connectivity index (χ1n) is 11.3. The van der Waals surface area contributed by atoms with E-state index in [1.54, 1.807) is 22.5 Å². The Hall–Kier alpha value is -2.84. The first-order chi connectivity index (χ1) is 15.8. The van der Waals surface area contributed by atoms with Gasteiger partial charge in [0.05, 0.1) is 4.90 Å². The molecule has 1 saturated heterocycles. The van der Waals surface area contributed by atoms with Gasteiger partial charge in [0.25, 0.3) is 0 Å². The lowest BCUT2D eigenvalue weighted by atomic mass is 9.94. The van der Waals surface area contributed by atoms with E-state index in [-0.39, 0.29) is 17.5 Å². The van der Waals surface area contributed by atoms with E-state index >= 15 is 0 Å². The van der Waals surface area contributed by atoms with Crippen molar-refractivity contribution in [2.45, 2.75) is 31.6 Å². The SMILES string of the molecule is C[C@@H]1C[C@H](C)CN(S(=O)(=O)c2ccc(C(=O)/C=C3\NCCc4cc5c(cc43)OCO5)cc2)C1. The Morgan fingerprint density at radius 3 is 2.42 bits per heavy atom. The lowest BCUT2D eigenvalue weighted by molar-refractivity contribution is 0.104. The topological polar surface area (TPSA) is 84.9 Å². The van der Waals surface area contributed by atoms with Crippen LogP contribution in [0.1, 0.15) is 41.8 Å². The molecule has 8 heteroatoms. The Labute approximate surface area is 194 Å². The summed E-state index contributed by atoms with van der Waals surface area (Å²) < 4.78 is 38.7. The smallest absolute Gasteiger partial charge is 0.243 e. The predicted octanol–water partition coefficient (Wildman–Crippen LogP) is 3.45. The maximum atomic E-state index is 13.1. The van der Waals surface area contributed by atoms with Crippen LogP contribution in [0, 0.1) is 11.8 Å². The molecule has 0 radical (unpaired) electrons. The van der Waals surface area contributed by atoms with Crippen LogP contribution in [0.4, 0.5) is 0 Å². The van der Waals surface area contributed by atoms with Gasteiger partial charge < -0.3 is 14.8 Å². The molecule has 3 heterocycles. The second-order valence-corrected chi connectivity index (χ2v) is 11.2. The number of piperidine rings is 1. The van der Waals surface area contributed by atoms with Crippen LogP contribution < -0.4 is 14.8 Å². The molecule has 3 aliphatic heterocycles. The van der Waals surface area contributed by atoms with Gasteiger partial charge in [-0.15, -0.1) is 0 Å². The summed E-state index contributed by atoms with van der Waals surface area (Å²) in [5.41, 5.74) is 3.19. The second kappa shape index (κ2) is 8.50. The van der Waals surface area contributed by atoms with Crippen molar-refractivity contribution in [3.63, 3.8) is 0 Å². The van der Waals surface area contributed by atoms with E-state index in [4.69, 9.17) is 9.47 Å². The largest absolute Gasteiger partial charge is 0.454 e. The molecule has 0 unspecified atom stereocenters. The third-order valence-corrected chi connectivity index (χ3v) is 8.33. The van der Waals surface area contributed by atoms with Crippen molar-refractivity contribution < 1.29 is 22.7 Å². The van der Waals surface area contributed by atoms with Gasteiger partial charge in [0.1, 0.15) is 0 Å². The molecule has 0 aliphatic carbocycles. The fraction of sp³-hybridized carbons (Fsp3) is 0.400. The third kappa shape index (κ3) is 4.25. The van der Waals surface area contributed by atoms with E-state index in [1.165, 1.54) is 12.1 Å². The van der Waals surface area contributed by atoms with Crippen LogP contribution in [0.2, 0.25) is 0 Å². The number of ether oxygens (including phenoxy) is 2. The molecule has 2 aromatic carbocycles. The van der Waals surface area contributed by atoms with Gasteiger partial charge in [0.2, 0.25) is 16.8 Å². The van der Waals surface area contributed by atoms with E-state index < -0.39 is 10.0 Å². The zero-order chi connectivity index (χ0) is 23.2. The van der Waals surface area contributed by atoms with Crippen LogP contribution >= 0.6 is 0 Å². The Balaban J connectivity index is 1.37. The first kappa shape index (κ1) is 22.0. The highest BCUT2D eigenvalue weighted by Crippen LogP contribution is 2.38. The Kier molecular flexibility index (Phi) is 5.66. The van der Waals surface area contributed by atoms with Crippen LogP contribution in [-0.4, -0.2) is 44.9 Å². The number of nitrogens with zero attached hydrogens (tertiary/aromatic N) is 1. The van der Waals surface area contributed by atoms with Crippen LogP contribution in [0.3, 0.4) is 0 Å². The van der Waals surface area contributed by atoms with Crippen molar-refractivity contribution in [1.82, 2.24) is 9.62 Å². The normalized spacial score (nSPS) is 23.8. The Morgan fingerprint density at radius 2 is 1.73 bits per heavy atom. The Bertz CT molecular complexity index is 1210.